The molecule has 0 aliphatic carbocycles. The normalized spacial score (nSPS) is 11.2. The van der Waals surface area contributed by atoms with Crippen LogP contribution in [0.5, 0.6) is 0 Å². The highest BCUT2D eigenvalue weighted by molar-refractivity contribution is 7.17. The van der Waals surface area contributed by atoms with Crippen LogP contribution in [-0.2, 0) is 6.54 Å². The van der Waals surface area contributed by atoms with Gasteiger partial charge in [-0.3, -0.25) is 9.36 Å². The van der Waals surface area contributed by atoms with Gasteiger partial charge in [-0.15, -0.1) is 16.4 Å². The standard InChI is InChI=1S/C15H9ClN4OS2/c16-13-11(18-19-23-13)6-20-8-17-14-12(15(20)21)10(7-22-14)9-4-2-1-3-5-9/h1-5,7-8H,6H2. The first kappa shape index (κ1) is 14.5. The van der Waals surface area contributed by atoms with Gasteiger partial charge in [-0.2, -0.15) is 0 Å². The molecule has 3 heterocycles. The lowest BCUT2D eigenvalue weighted by Gasteiger charge is -2.04. The Labute approximate surface area is 144 Å². The van der Waals surface area contributed by atoms with Crippen molar-refractivity contribution < 1.29 is 0 Å². The maximum absolute atomic E-state index is 12.9. The van der Waals surface area contributed by atoms with Crippen molar-refractivity contribution in [1.29, 1.82) is 0 Å². The van der Waals surface area contributed by atoms with E-state index < -0.39 is 0 Å². The molecule has 0 amide bonds. The van der Waals surface area contributed by atoms with Crippen LogP contribution in [0, 0.1) is 0 Å². The molecule has 0 aliphatic heterocycles. The van der Waals surface area contributed by atoms with Crippen molar-refractivity contribution in [2.45, 2.75) is 6.54 Å². The molecule has 0 radical (unpaired) electrons. The van der Waals surface area contributed by atoms with Crippen molar-refractivity contribution in [3.63, 3.8) is 0 Å². The van der Waals surface area contributed by atoms with Gasteiger partial charge in [-0.05, 0) is 5.56 Å². The summed E-state index contributed by atoms with van der Waals surface area (Å²) in [4.78, 5) is 18.0. The zero-order chi connectivity index (χ0) is 15.8. The van der Waals surface area contributed by atoms with Gasteiger partial charge in [0.1, 0.15) is 14.9 Å². The molecule has 0 saturated heterocycles. The lowest BCUT2D eigenvalue weighted by Crippen LogP contribution is -2.21. The van der Waals surface area contributed by atoms with Crippen molar-refractivity contribution in [2.24, 2.45) is 0 Å². The number of fused-ring (bicyclic) bond motifs is 1. The van der Waals surface area contributed by atoms with Gasteiger partial charge in [0.2, 0.25) is 0 Å². The summed E-state index contributed by atoms with van der Waals surface area (Å²) < 4.78 is 5.80. The van der Waals surface area contributed by atoms with Crippen LogP contribution in [-0.4, -0.2) is 19.1 Å². The fourth-order valence-corrected chi connectivity index (χ4v) is 3.88. The molecule has 0 fully saturated rings. The Morgan fingerprint density at radius 3 is 2.78 bits per heavy atom. The number of rotatable bonds is 3. The van der Waals surface area contributed by atoms with Gasteiger partial charge >= 0.3 is 0 Å². The van der Waals surface area contributed by atoms with Crippen molar-refractivity contribution in [3.05, 3.63) is 62.4 Å². The Kier molecular flexibility index (Phi) is 3.68. The first-order valence-electron chi connectivity index (χ1n) is 6.73. The largest absolute Gasteiger partial charge is 0.292 e. The van der Waals surface area contributed by atoms with Crippen LogP contribution in [0.4, 0.5) is 0 Å². The molecule has 114 valence electrons. The molecule has 0 bridgehead atoms. The zero-order valence-electron chi connectivity index (χ0n) is 11.6. The Balaban J connectivity index is 1.88. The van der Waals surface area contributed by atoms with E-state index in [1.807, 2.05) is 35.7 Å². The molecular weight excluding hydrogens is 352 g/mol. The SMILES string of the molecule is O=c1c2c(-c3ccccc3)csc2ncn1Cc1nnsc1Cl. The van der Waals surface area contributed by atoms with Gasteiger partial charge in [0.15, 0.2) is 0 Å². The topological polar surface area (TPSA) is 60.7 Å². The maximum atomic E-state index is 12.9. The summed E-state index contributed by atoms with van der Waals surface area (Å²) in [6.45, 7) is 0.265. The molecule has 5 nitrogen and oxygen atoms in total. The quantitative estimate of drug-likeness (QED) is 0.559. The molecule has 4 aromatic rings. The number of hydrogen-bond donors (Lipinski definition) is 0. The lowest BCUT2D eigenvalue weighted by molar-refractivity contribution is 0.727. The van der Waals surface area contributed by atoms with E-state index in [9.17, 15) is 4.79 Å². The third-order valence-corrected chi connectivity index (χ3v) is 5.35. The van der Waals surface area contributed by atoms with E-state index >= 15 is 0 Å². The molecule has 0 N–H and O–H groups in total. The highest BCUT2D eigenvalue weighted by Gasteiger charge is 2.14. The van der Waals surface area contributed by atoms with E-state index in [2.05, 4.69) is 14.6 Å². The van der Waals surface area contributed by atoms with E-state index in [1.165, 1.54) is 22.2 Å². The maximum Gasteiger partial charge on any atom is 0.263 e. The van der Waals surface area contributed by atoms with Crippen LogP contribution in [0.1, 0.15) is 5.69 Å². The van der Waals surface area contributed by atoms with Crippen LogP contribution in [0.2, 0.25) is 4.34 Å². The number of aromatic nitrogens is 4. The molecule has 0 saturated carbocycles. The molecule has 0 spiro atoms. The number of halogens is 1. The molecule has 4 rings (SSSR count). The third kappa shape index (κ3) is 2.56. The van der Waals surface area contributed by atoms with E-state index in [1.54, 1.807) is 0 Å². The van der Waals surface area contributed by atoms with Gasteiger partial charge in [-0.25, -0.2) is 4.98 Å². The first-order chi connectivity index (χ1) is 11.2. The average Bonchev–Trinajstić information content (AvgIpc) is 3.18. The highest BCUT2D eigenvalue weighted by atomic mass is 35.5. The van der Waals surface area contributed by atoms with E-state index in [-0.39, 0.29) is 12.1 Å². The van der Waals surface area contributed by atoms with Gasteiger partial charge < -0.3 is 0 Å². The summed E-state index contributed by atoms with van der Waals surface area (Å²) >= 11 is 8.60. The van der Waals surface area contributed by atoms with Gasteiger partial charge in [0.05, 0.1) is 18.3 Å². The average molecular weight is 361 g/mol. The predicted molar refractivity (Wildman–Crippen MR) is 93.3 cm³/mol. The summed E-state index contributed by atoms with van der Waals surface area (Å²) in [6.07, 6.45) is 1.53. The van der Waals surface area contributed by atoms with Gasteiger partial charge in [0, 0.05) is 22.5 Å². The van der Waals surface area contributed by atoms with Gasteiger partial charge in [0.25, 0.3) is 5.56 Å². The molecule has 1 aromatic carbocycles. The summed E-state index contributed by atoms with van der Waals surface area (Å²) in [5, 5.41) is 6.55. The molecule has 0 unspecified atom stereocenters. The highest BCUT2D eigenvalue weighted by Crippen LogP contribution is 2.30. The van der Waals surface area contributed by atoms with E-state index in [0.717, 1.165) is 27.5 Å². The monoisotopic (exact) mass is 360 g/mol. The summed E-state index contributed by atoms with van der Waals surface area (Å²) in [5.74, 6) is 0. The zero-order valence-corrected chi connectivity index (χ0v) is 14.0. The van der Waals surface area contributed by atoms with Crippen LogP contribution in [0.3, 0.4) is 0 Å². The minimum absolute atomic E-state index is 0.0980. The van der Waals surface area contributed by atoms with E-state index in [4.69, 9.17) is 11.6 Å². The fraction of sp³-hybridized carbons (Fsp3) is 0.0667. The molecule has 0 aliphatic rings. The Morgan fingerprint density at radius 1 is 1.22 bits per heavy atom. The minimum Gasteiger partial charge on any atom is -0.292 e. The second-order valence-corrected chi connectivity index (χ2v) is 7.08. The Morgan fingerprint density at radius 2 is 2.04 bits per heavy atom. The summed E-state index contributed by atoms with van der Waals surface area (Å²) in [7, 11) is 0. The molecule has 0 atom stereocenters. The van der Waals surface area contributed by atoms with Crippen LogP contribution in [0.25, 0.3) is 21.3 Å². The Bertz CT molecular complexity index is 1040. The second-order valence-electron chi connectivity index (χ2n) is 4.87. The van der Waals surface area contributed by atoms with Crippen LogP contribution >= 0.6 is 34.5 Å². The van der Waals surface area contributed by atoms with Crippen molar-refractivity contribution in [3.8, 4) is 11.1 Å². The number of nitrogens with zero attached hydrogens (tertiary/aromatic N) is 4. The number of benzene rings is 1. The molecule has 8 heteroatoms. The molecule has 3 aromatic heterocycles. The lowest BCUT2D eigenvalue weighted by atomic mass is 10.1. The summed E-state index contributed by atoms with van der Waals surface area (Å²) in [6, 6.07) is 9.83. The van der Waals surface area contributed by atoms with Crippen LogP contribution < -0.4 is 5.56 Å². The van der Waals surface area contributed by atoms with Crippen molar-refractivity contribution in [2.75, 3.05) is 0 Å². The smallest absolute Gasteiger partial charge is 0.263 e. The molecule has 23 heavy (non-hydrogen) atoms. The predicted octanol–water partition coefficient (Wildman–Crippen LogP) is 3.68. The van der Waals surface area contributed by atoms with Crippen molar-refractivity contribution in [1.82, 2.24) is 19.1 Å². The second kappa shape index (κ2) is 5.84. The summed E-state index contributed by atoms with van der Waals surface area (Å²) in [5.41, 5.74) is 2.39. The third-order valence-electron chi connectivity index (χ3n) is 3.48. The number of thiophene rings is 1. The minimum atomic E-state index is -0.0980. The number of hydrogen-bond acceptors (Lipinski definition) is 6. The van der Waals surface area contributed by atoms with Crippen molar-refractivity contribution >= 4 is 44.7 Å². The Hall–Kier alpha value is -2.09. The van der Waals surface area contributed by atoms with Crippen LogP contribution in [0.15, 0.2) is 46.8 Å². The van der Waals surface area contributed by atoms with E-state index in [0.29, 0.717) is 15.4 Å². The molecular formula is C15H9ClN4OS2. The van der Waals surface area contributed by atoms with Gasteiger partial charge in [-0.1, -0.05) is 46.4 Å². The first-order valence-corrected chi connectivity index (χ1v) is 8.76. The fourth-order valence-electron chi connectivity index (χ4n) is 2.36.